The quantitative estimate of drug-likeness (QED) is 0.146. The molecule has 0 saturated carbocycles. The maximum absolute atomic E-state index is 14.6. The number of ether oxygens (including phenoxy) is 1. The summed E-state index contributed by atoms with van der Waals surface area (Å²) in [6.45, 7) is 2.89. The number of ketones is 1. The zero-order valence-electron chi connectivity index (χ0n) is 17.1. The van der Waals surface area contributed by atoms with Crippen LogP contribution in [0.5, 0.6) is 0 Å². The number of para-hydroxylation sites is 2. The fourth-order valence-corrected chi connectivity index (χ4v) is 3.29. The molecular formula is C24H24F2N4O2. The van der Waals surface area contributed by atoms with Crippen molar-refractivity contribution in [2.75, 3.05) is 6.67 Å². The van der Waals surface area contributed by atoms with Crippen molar-refractivity contribution >= 4 is 27.9 Å². The van der Waals surface area contributed by atoms with Gasteiger partial charge in [-0.05, 0) is 36.4 Å². The van der Waals surface area contributed by atoms with Gasteiger partial charge in [-0.1, -0.05) is 18.7 Å². The smallest absolute Gasteiger partial charge is 0.194 e. The number of hydrogen-bond donors (Lipinski definition) is 2. The average Bonchev–Trinajstić information content (AvgIpc) is 3.41. The molecule has 0 atom stereocenters. The van der Waals surface area contributed by atoms with E-state index >= 15 is 0 Å². The molecular weight excluding hydrogens is 414 g/mol. The van der Waals surface area contributed by atoms with Crippen LogP contribution in [-0.2, 0) is 11.3 Å². The van der Waals surface area contributed by atoms with E-state index in [9.17, 15) is 13.6 Å². The van der Waals surface area contributed by atoms with Crippen molar-refractivity contribution in [1.82, 2.24) is 19.9 Å². The van der Waals surface area contributed by atoms with Crippen LogP contribution in [-0.4, -0.2) is 32.4 Å². The van der Waals surface area contributed by atoms with Gasteiger partial charge >= 0.3 is 0 Å². The van der Waals surface area contributed by atoms with Crippen LogP contribution in [0.2, 0.25) is 0 Å². The molecule has 0 amide bonds. The summed E-state index contributed by atoms with van der Waals surface area (Å²) in [7, 11) is 0. The molecule has 32 heavy (non-hydrogen) atoms. The number of H-pyrrole nitrogens is 2. The number of pyridine rings is 1. The molecule has 4 aromatic rings. The van der Waals surface area contributed by atoms with Crippen LogP contribution in [0.3, 0.4) is 0 Å². The minimum absolute atomic E-state index is 0. The Labute approximate surface area is 185 Å². The highest BCUT2D eigenvalue weighted by Gasteiger charge is 2.16. The van der Waals surface area contributed by atoms with Crippen LogP contribution in [0.15, 0.2) is 84.7 Å². The van der Waals surface area contributed by atoms with Crippen LogP contribution in [0.1, 0.15) is 25.5 Å². The number of hydrogen-bond acceptors (Lipinski definition) is 4. The van der Waals surface area contributed by atoms with Gasteiger partial charge < -0.3 is 14.7 Å². The van der Waals surface area contributed by atoms with Gasteiger partial charge in [-0.25, -0.2) is 18.7 Å². The maximum Gasteiger partial charge on any atom is 0.194 e. The second kappa shape index (κ2) is 9.38. The van der Waals surface area contributed by atoms with Crippen molar-refractivity contribution in [1.29, 1.82) is 0 Å². The number of fused-ring (bicyclic) bond motifs is 2. The highest BCUT2D eigenvalue weighted by molar-refractivity contribution is 6.16. The van der Waals surface area contributed by atoms with Crippen LogP contribution < -0.4 is 0 Å². The van der Waals surface area contributed by atoms with Gasteiger partial charge in [0, 0.05) is 31.8 Å². The Bertz CT molecular complexity index is 1330. The molecule has 8 heteroatoms. The topological polar surface area (TPSA) is 83.7 Å². The number of benzene rings is 1. The second-order valence-corrected chi connectivity index (χ2v) is 7.04. The summed E-state index contributed by atoms with van der Waals surface area (Å²) in [5, 5.41) is 0.625. The Kier molecular flexibility index (Phi) is 6.21. The molecule has 0 saturated heterocycles. The van der Waals surface area contributed by atoms with Gasteiger partial charge in [0.1, 0.15) is 36.3 Å². The fraction of sp³-hybridized carbons (Fsp3) is 0.125. The van der Waals surface area contributed by atoms with Gasteiger partial charge in [0.2, 0.25) is 0 Å². The molecule has 0 aliphatic carbocycles. The predicted molar refractivity (Wildman–Crippen MR) is 123 cm³/mol. The monoisotopic (exact) mass is 438 g/mol. The molecule has 0 radical (unpaired) electrons. The van der Waals surface area contributed by atoms with Crippen molar-refractivity contribution in [2.24, 2.45) is 0 Å². The average molecular weight is 438 g/mol. The summed E-state index contributed by atoms with van der Waals surface area (Å²) in [5.74, 6) is -0.477. The van der Waals surface area contributed by atoms with E-state index in [4.69, 9.17) is 4.74 Å². The number of nitrogens with one attached hydrogen (secondary N) is 2. The third-order valence-electron chi connectivity index (χ3n) is 4.80. The van der Waals surface area contributed by atoms with Crippen molar-refractivity contribution in [3.05, 3.63) is 96.1 Å². The number of alkyl halides is 1. The highest BCUT2D eigenvalue weighted by atomic mass is 19.1. The number of carbonyl (C=O) groups is 1. The summed E-state index contributed by atoms with van der Waals surface area (Å²) in [5.41, 5.74) is 2.48. The zero-order valence-corrected chi connectivity index (χ0v) is 17.1. The molecule has 0 unspecified atom stereocenters. The largest absolute Gasteiger partial charge is 0.490 e. The van der Waals surface area contributed by atoms with E-state index in [1.807, 2.05) is 24.3 Å². The predicted octanol–water partition coefficient (Wildman–Crippen LogP) is 5.98. The standard InChI is InChI=1S/C24H20F2N4O2.2H2/c1-15(23(31)19-13-28-24-18(19)5-4-10-27-24)11-16(26)12-17(8-9-25)32-14-22-29-20-6-2-3-7-21(20)30-22;;/h2-8,10-11,13H,1,9,12,14H2,(H,27,28)(H,29,30);2*1H/b16-11+,17-8+;;. The number of Topliss-reactive ketones (excluding diaryl/α,β-unsaturated/α-hetero) is 1. The number of halogens is 2. The molecule has 3 heterocycles. The summed E-state index contributed by atoms with van der Waals surface area (Å²) < 4.78 is 33.1. The highest BCUT2D eigenvalue weighted by Crippen LogP contribution is 2.22. The van der Waals surface area contributed by atoms with Gasteiger partial charge in [0.15, 0.2) is 5.78 Å². The normalized spacial score (nSPS) is 12.4. The van der Waals surface area contributed by atoms with Gasteiger partial charge in [-0.2, -0.15) is 0 Å². The minimum Gasteiger partial charge on any atom is -0.490 e. The van der Waals surface area contributed by atoms with Crippen molar-refractivity contribution in [2.45, 2.75) is 13.0 Å². The van der Waals surface area contributed by atoms with Crippen molar-refractivity contribution in [3.63, 3.8) is 0 Å². The first kappa shape index (κ1) is 21.2. The number of carbonyl (C=O) groups excluding carboxylic acids is 1. The third kappa shape index (κ3) is 4.64. The summed E-state index contributed by atoms with van der Waals surface area (Å²) in [4.78, 5) is 27.2. The zero-order chi connectivity index (χ0) is 22.5. The molecule has 6 nitrogen and oxygen atoms in total. The van der Waals surface area contributed by atoms with E-state index in [0.717, 1.165) is 23.2 Å². The molecule has 0 fully saturated rings. The first-order chi connectivity index (χ1) is 15.5. The van der Waals surface area contributed by atoms with Crippen LogP contribution in [0.25, 0.3) is 22.1 Å². The lowest BCUT2D eigenvalue weighted by Crippen LogP contribution is -2.01. The van der Waals surface area contributed by atoms with E-state index in [1.54, 1.807) is 18.3 Å². The number of aromatic amines is 2. The van der Waals surface area contributed by atoms with E-state index < -0.39 is 18.3 Å². The molecule has 166 valence electrons. The Balaban J connectivity index is 0.00000204. The van der Waals surface area contributed by atoms with Crippen molar-refractivity contribution in [3.8, 4) is 0 Å². The van der Waals surface area contributed by atoms with Gasteiger partial charge in [0.05, 0.1) is 17.5 Å². The minimum atomic E-state index is -0.815. The van der Waals surface area contributed by atoms with Crippen LogP contribution in [0.4, 0.5) is 8.78 Å². The SMILES string of the molecule is C=C(/C=C(/F)C/C(=C\CF)OCc1nc2ccccc2[nH]1)C(=O)c1c[nH]c2ncccc12.[HH].[HH]. The molecule has 0 aliphatic rings. The molecule has 2 N–H and O–H groups in total. The fourth-order valence-electron chi connectivity index (χ4n) is 3.29. The lowest BCUT2D eigenvalue weighted by Gasteiger charge is -2.08. The Morgan fingerprint density at radius 2 is 2.09 bits per heavy atom. The number of rotatable bonds is 9. The summed E-state index contributed by atoms with van der Waals surface area (Å²) in [6.07, 6.45) is 4.99. The molecule has 0 spiro atoms. The lowest BCUT2D eigenvalue weighted by atomic mass is 10.0. The maximum atomic E-state index is 14.6. The Morgan fingerprint density at radius 3 is 2.91 bits per heavy atom. The summed E-state index contributed by atoms with van der Waals surface area (Å²) >= 11 is 0. The van der Waals surface area contributed by atoms with E-state index in [0.29, 0.717) is 22.4 Å². The van der Waals surface area contributed by atoms with Crippen LogP contribution >= 0.6 is 0 Å². The van der Waals surface area contributed by atoms with Crippen LogP contribution in [0, 0.1) is 0 Å². The number of aromatic nitrogens is 4. The molecule has 0 aliphatic heterocycles. The number of allylic oxidation sites excluding steroid dienone is 4. The van der Waals surface area contributed by atoms with Gasteiger partial charge in [-0.15, -0.1) is 0 Å². The van der Waals surface area contributed by atoms with Crippen molar-refractivity contribution < 1.29 is 21.2 Å². The van der Waals surface area contributed by atoms with E-state index in [-0.39, 0.29) is 27.2 Å². The number of nitrogens with zero attached hydrogens (tertiary/aromatic N) is 2. The molecule has 4 rings (SSSR count). The van der Waals surface area contributed by atoms with E-state index in [1.165, 1.54) is 6.20 Å². The van der Waals surface area contributed by atoms with Gasteiger partial charge in [-0.3, -0.25) is 4.79 Å². The Hall–Kier alpha value is -4.07. The molecule has 0 bridgehead atoms. The second-order valence-electron chi connectivity index (χ2n) is 7.04. The van der Waals surface area contributed by atoms with Gasteiger partial charge in [0.25, 0.3) is 0 Å². The first-order valence-electron chi connectivity index (χ1n) is 9.88. The summed E-state index contributed by atoms with van der Waals surface area (Å²) in [6, 6.07) is 10.9. The lowest BCUT2D eigenvalue weighted by molar-refractivity contribution is 0.103. The molecule has 3 aromatic heterocycles. The number of imidazole rings is 1. The first-order valence-corrected chi connectivity index (χ1v) is 9.88. The Morgan fingerprint density at radius 1 is 1.25 bits per heavy atom. The van der Waals surface area contributed by atoms with E-state index in [2.05, 4.69) is 26.5 Å². The third-order valence-corrected chi connectivity index (χ3v) is 4.80. The molecule has 1 aromatic carbocycles.